The van der Waals surface area contributed by atoms with Crippen molar-refractivity contribution in [1.82, 2.24) is 0 Å². The Morgan fingerprint density at radius 2 is 1.81 bits per heavy atom. The molecule has 90 valence electrons. The molecule has 0 aliphatic rings. The van der Waals surface area contributed by atoms with E-state index in [9.17, 15) is 22.0 Å². The lowest BCUT2D eigenvalue weighted by Gasteiger charge is -2.15. The summed E-state index contributed by atoms with van der Waals surface area (Å²) in [7, 11) is 0. The molecule has 0 radical (unpaired) electrons. The van der Waals surface area contributed by atoms with E-state index in [0.717, 1.165) is 12.1 Å². The van der Waals surface area contributed by atoms with Gasteiger partial charge in [0.15, 0.2) is 0 Å². The van der Waals surface area contributed by atoms with E-state index in [-0.39, 0.29) is 12.1 Å². The van der Waals surface area contributed by atoms with Crippen LogP contribution in [0.15, 0.2) is 24.3 Å². The topological polar surface area (TPSA) is 26.0 Å². The van der Waals surface area contributed by atoms with Gasteiger partial charge in [-0.05, 0) is 11.6 Å². The van der Waals surface area contributed by atoms with Crippen LogP contribution in [0, 0.1) is 0 Å². The number of rotatable bonds is 3. The van der Waals surface area contributed by atoms with E-state index in [1.165, 1.54) is 6.07 Å². The van der Waals surface area contributed by atoms with Gasteiger partial charge in [-0.2, -0.15) is 13.2 Å². The molecular weight excluding hydrogens is 229 g/mol. The number of alkyl halides is 5. The van der Waals surface area contributed by atoms with Crippen LogP contribution in [0.1, 0.15) is 17.0 Å². The van der Waals surface area contributed by atoms with Crippen molar-refractivity contribution in [3.05, 3.63) is 35.4 Å². The Hall–Kier alpha value is -1.17. The molecule has 1 aromatic carbocycles. The first-order valence-corrected chi connectivity index (χ1v) is 4.51. The number of benzene rings is 1. The summed E-state index contributed by atoms with van der Waals surface area (Å²) in [5, 5.41) is 0. The largest absolute Gasteiger partial charge is 0.416 e. The fourth-order valence-electron chi connectivity index (χ4n) is 1.33. The predicted octanol–water partition coefficient (Wildman–Crippen LogP) is 3.01. The molecule has 0 bridgehead atoms. The van der Waals surface area contributed by atoms with Gasteiger partial charge in [0, 0.05) is 6.54 Å². The van der Waals surface area contributed by atoms with Gasteiger partial charge in [0.1, 0.15) is 0 Å². The molecule has 0 aliphatic carbocycles. The Balaban J connectivity index is 3.07. The third-order valence-electron chi connectivity index (χ3n) is 2.20. The first-order valence-electron chi connectivity index (χ1n) is 4.51. The lowest BCUT2D eigenvalue weighted by molar-refractivity contribution is -0.137. The molecular formula is C10H10F5N. The fraction of sp³-hybridized carbons (Fsp3) is 0.400. The molecule has 0 saturated carbocycles. The van der Waals surface area contributed by atoms with Gasteiger partial charge in [0.25, 0.3) is 0 Å². The van der Waals surface area contributed by atoms with E-state index in [4.69, 9.17) is 5.73 Å². The summed E-state index contributed by atoms with van der Waals surface area (Å²) in [6.45, 7) is -0.390. The fourth-order valence-corrected chi connectivity index (χ4v) is 1.33. The third kappa shape index (κ3) is 2.91. The first-order chi connectivity index (χ1) is 7.36. The Bertz CT molecular complexity index is 347. The summed E-state index contributed by atoms with van der Waals surface area (Å²) < 4.78 is 61.9. The molecule has 1 rings (SSSR count). The summed E-state index contributed by atoms with van der Waals surface area (Å²) in [5.74, 6) is -1.36. The molecule has 16 heavy (non-hydrogen) atoms. The van der Waals surface area contributed by atoms with E-state index >= 15 is 0 Å². The molecule has 1 aromatic rings. The zero-order chi connectivity index (χ0) is 12.3. The van der Waals surface area contributed by atoms with Gasteiger partial charge in [-0.3, -0.25) is 0 Å². The van der Waals surface area contributed by atoms with Gasteiger partial charge < -0.3 is 5.73 Å². The average Bonchev–Trinajstić information content (AvgIpc) is 2.17. The monoisotopic (exact) mass is 239 g/mol. The molecule has 0 amide bonds. The van der Waals surface area contributed by atoms with E-state index < -0.39 is 24.1 Å². The van der Waals surface area contributed by atoms with E-state index in [2.05, 4.69) is 0 Å². The maximum absolute atomic E-state index is 12.5. The SMILES string of the molecule is NCC(c1cccc(C(F)(F)F)c1)C(F)F. The van der Waals surface area contributed by atoms with E-state index in [1.54, 1.807) is 0 Å². The lowest BCUT2D eigenvalue weighted by Crippen LogP contribution is -2.20. The zero-order valence-electron chi connectivity index (χ0n) is 8.14. The van der Waals surface area contributed by atoms with Gasteiger partial charge in [-0.25, -0.2) is 8.78 Å². The molecule has 0 saturated heterocycles. The highest BCUT2D eigenvalue weighted by Gasteiger charge is 2.31. The summed E-state index contributed by atoms with van der Waals surface area (Å²) in [6.07, 6.45) is -7.30. The van der Waals surface area contributed by atoms with Crippen LogP contribution in [0.3, 0.4) is 0 Å². The lowest BCUT2D eigenvalue weighted by atomic mass is 9.97. The van der Waals surface area contributed by atoms with Crippen LogP contribution in [0.2, 0.25) is 0 Å². The molecule has 0 aliphatic heterocycles. The normalized spacial score (nSPS) is 14.2. The summed E-state index contributed by atoms with van der Waals surface area (Å²) in [5.41, 5.74) is 4.07. The van der Waals surface area contributed by atoms with Gasteiger partial charge in [0.2, 0.25) is 6.43 Å². The maximum Gasteiger partial charge on any atom is 0.416 e. The average molecular weight is 239 g/mol. The van der Waals surface area contributed by atoms with E-state index in [1.807, 2.05) is 0 Å². The second-order valence-electron chi connectivity index (χ2n) is 3.30. The van der Waals surface area contributed by atoms with Gasteiger partial charge in [-0.1, -0.05) is 18.2 Å². The molecule has 6 heteroatoms. The highest BCUT2D eigenvalue weighted by atomic mass is 19.4. The summed E-state index contributed by atoms with van der Waals surface area (Å²) in [6, 6.07) is 3.87. The van der Waals surface area contributed by atoms with Crippen molar-refractivity contribution in [1.29, 1.82) is 0 Å². The Kier molecular flexibility index (Phi) is 3.85. The highest BCUT2D eigenvalue weighted by molar-refractivity contribution is 5.28. The Morgan fingerprint density at radius 3 is 2.25 bits per heavy atom. The number of hydrogen-bond acceptors (Lipinski definition) is 1. The van der Waals surface area contributed by atoms with Crippen LogP contribution in [0.4, 0.5) is 22.0 Å². The van der Waals surface area contributed by atoms with Crippen molar-refractivity contribution < 1.29 is 22.0 Å². The Morgan fingerprint density at radius 1 is 1.19 bits per heavy atom. The molecule has 0 heterocycles. The zero-order valence-corrected chi connectivity index (χ0v) is 8.14. The summed E-state index contributed by atoms with van der Waals surface area (Å²) in [4.78, 5) is 0. The second-order valence-corrected chi connectivity index (χ2v) is 3.30. The first kappa shape index (κ1) is 12.9. The predicted molar refractivity (Wildman–Crippen MR) is 49.2 cm³/mol. The molecule has 1 unspecified atom stereocenters. The van der Waals surface area contributed by atoms with Crippen LogP contribution in [-0.2, 0) is 6.18 Å². The molecule has 0 fully saturated rings. The molecule has 0 aromatic heterocycles. The second kappa shape index (κ2) is 4.78. The van der Waals surface area contributed by atoms with Crippen molar-refractivity contribution in [2.45, 2.75) is 18.5 Å². The number of nitrogens with two attached hydrogens (primary N) is 1. The smallest absolute Gasteiger partial charge is 0.330 e. The van der Waals surface area contributed by atoms with Gasteiger partial charge >= 0.3 is 6.18 Å². The van der Waals surface area contributed by atoms with Gasteiger partial charge in [-0.15, -0.1) is 0 Å². The van der Waals surface area contributed by atoms with Crippen LogP contribution in [-0.4, -0.2) is 13.0 Å². The number of halogens is 5. The quantitative estimate of drug-likeness (QED) is 0.806. The minimum atomic E-state index is -4.53. The van der Waals surface area contributed by atoms with Crippen LogP contribution in [0.25, 0.3) is 0 Å². The minimum Gasteiger partial charge on any atom is -0.330 e. The van der Waals surface area contributed by atoms with Crippen molar-refractivity contribution in [2.75, 3.05) is 6.54 Å². The highest BCUT2D eigenvalue weighted by Crippen LogP contribution is 2.32. The number of hydrogen-bond donors (Lipinski definition) is 1. The summed E-state index contributed by atoms with van der Waals surface area (Å²) >= 11 is 0. The van der Waals surface area contributed by atoms with Crippen molar-refractivity contribution in [2.24, 2.45) is 5.73 Å². The van der Waals surface area contributed by atoms with Crippen molar-refractivity contribution >= 4 is 0 Å². The van der Waals surface area contributed by atoms with Crippen LogP contribution in [0.5, 0.6) is 0 Å². The standard InChI is InChI=1S/C10H10F5N/c11-9(12)8(5-16)6-2-1-3-7(4-6)10(13,14)15/h1-4,8-9H,5,16H2. The molecule has 2 N–H and O–H groups in total. The molecule has 1 atom stereocenters. The minimum absolute atomic E-state index is 0.0904. The van der Waals surface area contributed by atoms with Gasteiger partial charge in [0.05, 0.1) is 11.5 Å². The maximum atomic E-state index is 12.5. The van der Waals surface area contributed by atoms with Crippen molar-refractivity contribution in [3.63, 3.8) is 0 Å². The Labute approximate surface area is 89.1 Å². The molecule has 0 spiro atoms. The third-order valence-corrected chi connectivity index (χ3v) is 2.20. The van der Waals surface area contributed by atoms with Crippen molar-refractivity contribution in [3.8, 4) is 0 Å². The van der Waals surface area contributed by atoms with Crippen LogP contribution >= 0.6 is 0 Å². The van der Waals surface area contributed by atoms with E-state index in [0.29, 0.717) is 6.07 Å². The molecule has 1 nitrogen and oxygen atoms in total. The van der Waals surface area contributed by atoms with Crippen LogP contribution < -0.4 is 5.73 Å².